The van der Waals surface area contributed by atoms with E-state index in [2.05, 4.69) is 10.3 Å². The molecule has 2 heterocycles. The van der Waals surface area contributed by atoms with Crippen molar-refractivity contribution >= 4 is 49.3 Å². The van der Waals surface area contributed by atoms with E-state index in [0.29, 0.717) is 21.5 Å². The molecule has 0 fully saturated rings. The Morgan fingerprint density at radius 2 is 1.60 bits per heavy atom. The second kappa shape index (κ2) is 9.15. The average Bonchev–Trinajstić information content (AvgIpc) is 3.28. The number of amides is 1. The highest BCUT2D eigenvalue weighted by Crippen LogP contribution is 2.31. The van der Waals surface area contributed by atoms with Crippen LogP contribution in [0.5, 0.6) is 0 Å². The third-order valence-electron chi connectivity index (χ3n) is 5.74. The second-order valence-corrected chi connectivity index (χ2v) is 9.05. The first-order valence-corrected chi connectivity index (χ1v) is 11.8. The SMILES string of the molecule is CC(OC(=O)c1c(-c2ccccc2)c2ccccc2c(=O)n1C)C(=O)Nc1nc2ccccc2s1. The minimum absolute atomic E-state index is 0.0829. The van der Waals surface area contributed by atoms with E-state index in [1.165, 1.54) is 29.9 Å². The number of carbonyl (C=O) groups is 2. The predicted molar refractivity (Wildman–Crippen MR) is 138 cm³/mol. The summed E-state index contributed by atoms with van der Waals surface area (Å²) < 4.78 is 7.78. The van der Waals surface area contributed by atoms with Gasteiger partial charge in [-0.2, -0.15) is 0 Å². The average molecular weight is 484 g/mol. The van der Waals surface area contributed by atoms with Crippen molar-refractivity contribution in [2.75, 3.05) is 5.32 Å². The van der Waals surface area contributed by atoms with E-state index in [4.69, 9.17) is 4.74 Å². The van der Waals surface area contributed by atoms with Crippen LogP contribution in [-0.2, 0) is 16.6 Å². The van der Waals surface area contributed by atoms with E-state index >= 15 is 0 Å². The highest BCUT2D eigenvalue weighted by Gasteiger charge is 2.26. The molecule has 0 spiro atoms. The van der Waals surface area contributed by atoms with Crippen molar-refractivity contribution in [3.63, 3.8) is 0 Å². The van der Waals surface area contributed by atoms with Gasteiger partial charge in [0.2, 0.25) is 0 Å². The van der Waals surface area contributed by atoms with Crippen molar-refractivity contribution in [1.82, 2.24) is 9.55 Å². The van der Waals surface area contributed by atoms with Crippen molar-refractivity contribution in [1.29, 1.82) is 0 Å². The summed E-state index contributed by atoms with van der Waals surface area (Å²) in [6.07, 6.45) is -1.11. The summed E-state index contributed by atoms with van der Waals surface area (Å²) >= 11 is 1.33. The fraction of sp³-hybridized carbons (Fsp3) is 0.111. The number of anilines is 1. The molecule has 7 nitrogen and oxygen atoms in total. The molecule has 0 radical (unpaired) electrons. The van der Waals surface area contributed by atoms with Crippen LogP contribution < -0.4 is 10.9 Å². The molecule has 0 saturated carbocycles. The number of carbonyl (C=O) groups excluding carboxylic acids is 2. The Hall–Kier alpha value is -4.30. The number of aromatic nitrogens is 2. The van der Waals surface area contributed by atoms with Crippen LogP contribution in [0.4, 0.5) is 5.13 Å². The van der Waals surface area contributed by atoms with Gasteiger partial charge in [-0.05, 0) is 36.1 Å². The van der Waals surface area contributed by atoms with Crippen LogP contribution in [0.25, 0.3) is 32.1 Å². The number of fused-ring (bicyclic) bond motifs is 2. The summed E-state index contributed by atoms with van der Waals surface area (Å²) in [6.45, 7) is 1.49. The predicted octanol–water partition coefficient (Wildman–Crippen LogP) is 5.00. The monoisotopic (exact) mass is 483 g/mol. The molecule has 174 valence electrons. The molecule has 1 atom stereocenters. The molecule has 5 rings (SSSR count). The Kier molecular flexibility index (Phi) is 5.88. The summed E-state index contributed by atoms with van der Waals surface area (Å²) in [5.74, 6) is -1.27. The van der Waals surface area contributed by atoms with Crippen LogP contribution in [0.2, 0.25) is 0 Å². The highest BCUT2D eigenvalue weighted by molar-refractivity contribution is 7.22. The number of pyridine rings is 1. The smallest absolute Gasteiger partial charge is 0.356 e. The van der Waals surface area contributed by atoms with E-state index in [1.807, 2.05) is 60.7 Å². The van der Waals surface area contributed by atoms with Crippen molar-refractivity contribution in [3.05, 3.63) is 94.9 Å². The summed E-state index contributed by atoms with van der Waals surface area (Å²) in [5.41, 5.74) is 1.87. The zero-order chi connectivity index (χ0) is 24.5. The van der Waals surface area contributed by atoms with Crippen LogP contribution in [0, 0.1) is 0 Å². The molecular formula is C27H21N3O4S. The number of nitrogens with one attached hydrogen (secondary N) is 1. The molecule has 8 heteroatoms. The largest absolute Gasteiger partial charge is 0.448 e. The second-order valence-electron chi connectivity index (χ2n) is 8.02. The molecule has 0 aliphatic carbocycles. The molecular weight excluding hydrogens is 462 g/mol. The molecule has 1 unspecified atom stereocenters. The maximum absolute atomic E-state index is 13.4. The number of rotatable bonds is 5. The zero-order valence-electron chi connectivity index (χ0n) is 19.0. The van der Waals surface area contributed by atoms with Gasteiger partial charge in [-0.15, -0.1) is 0 Å². The van der Waals surface area contributed by atoms with Gasteiger partial charge < -0.3 is 9.30 Å². The van der Waals surface area contributed by atoms with Gasteiger partial charge in [-0.3, -0.25) is 14.9 Å². The van der Waals surface area contributed by atoms with Crippen LogP contribution in [0.15, 0.2) is 83.7 Å². The highest BCUT2D eigenvalue weighted by atomic mass is 32.1. The molecule has 2 aromatic heterocycles. The number of nitrogens with zero attached hydrogens (tertiary/aromatic N) is 2. The third-order valence-corrected chi connectivity index (χ3v) is 6.69. The van der Waals surface area contributed by atoms with E-state index in [9.17, 15) is 14.4 Å². The van der Waals surface area contributed by atoms with Gasteiger partial charge >= 0.3 is 5.97 Å². The Labute approximate surface area is 204 Å². The van der Waals surface area contributed by atoms with Crippen LogP contribution >= 0.6 is 11.3 Å². The minimum atomic E-state index is -1.11. The lowest BCUT2D eigenvalue weighted by Crippen LogP contribution is -2.32. The van der Waals surface area contributed by atoms with Gasteiger partial charge in [0.05, 0.1) is 10.2 Å². The number of hydrogen-bond acceptors (Lipinski definition) is 6. The normalized spacial score (nSPS) is 11.9. The molecule has 0 bridgehead atoms. The quantitative estimate of drug-likeness (QED) is 0.355. The molecule has 35 heavy (non-hydrogen) atoms. The molecule has 1 amide bonds. The standard InChI is InChI=1S/C27H21N3O4S/c1-16(24(31)29-27-28-20-14-8-9-15-21(20)35-27)34-26(33)23-22(17-10-4-3-5-11-17)18-12-6-7-13-19(18)25(32)30(23)2/h3-16H,1-2H3,(H,28,29,31). The number of benzene rings is 3. The molecule has 1 N–H and O–H groups in total. The molecule has 3 aromatic carbocycles. The Balaban J connectivity index is 1.49. The maximum Gasteiger partial charge on any atom is 0.356 e. The third kappa shape index (κ3) is 4.20. The molecule has 0 aliphatic rings. The fourth-order valence-corrected chi connectivity index (χ4v) is 4.87. The lowest BCUT2D eigenvalue weighted by atomic mass is 9.97. The Bertz CT molecular complexity index is 1610. The Morgan fingerprint density at radius 3 is 2.34 bits per heavy atom. The summed E-state index contributed by atoms with van der Waals surface area (Å²) in [5, 5.41) is 4.26. The molecule has 5 aromatic rings. The first-order chi connectivity index (χ1) is 16.9. The first kappa shape index (κ1) is 22.5. The van der Waals surface area contributed by atoms with Gasteiger partial charge in [0.1, 0.15) is 5.69 Å². The summed E-state index contributed by atoms with van der Waals surface area (Å²) in [4.78, 5) is 43.6. The summed E-state index contributed by atoms with van der Waals surface area (Å²) in [6, 6.07) is 24.0. The van der Waals surface area contributed by atoms with E-state index in [0.717, 1.165) is 15.8 Å². The number of thiazole rings is 1. The number of esters is 1. The Morgan fingerprint density at radius 1 is 0.943 bits per heavy atom. The van der Waals surface area contributed by atoms with E-state index < -0.39 is 18.0 Å². The van der Waals surface area contributed by atoms with Gasteiger partial charge in [-0.25, -0.2) is 9.78 Å². The van der Waals surface area contributed by atoms with E-state index in [1.54, 1.807) is 18.2 Å². The lowest BCUT2D eigenvalue weighted by Gasteiger charge is -2.18. The fourth-order valence-electron chi connectivity index (χ4n) is 4.00. The molecule has 0 aliphatic heterocycles. The van der Waals surface area contributed by atoms with Gasteiger partial charge in [0, 0.05) is 18.0 Å². The first-order valence-electron chi connectivity index (χ1n) is 11.0. The van der Waals surface area contributed by atoms with Gasteiger partial charge in [0.25, 0.3) is 11.5 Å². The van der Waals surface area contributed by atoms with Crippen LogP contribution in [-0.4, -0.2) is 27.5 Å². The van der Waals surface area contributed by atoms with Gasteiger partial charge in [-0.1, -0.05) is 72.0 Å². The molecule has 0 saturated heterocycles. The number of para-hydroxylation sites is 1. The van der Waals surface area contributed by atoms with Crippen molar-refractivity contribution in [2.45, 2.75) is 13.0 Å². The maximum atomic E-state index is 13.4. The van der Waals surface area contributed by atoms with Crippen molar-refractivity contribution in [2.24, 2.45) is 7.05 Å². The zero-order valence-corrected chi connectivity index (χ0v) is 19.8. The van der Waals surface area contributed by atoms with Crippen molar-refractivity contribution < 1.29 is 14.3 Å². The minimum Gasteiger partial charge on any atom is -0.448 e. The van der Waals surface area contributed by atoms with Crippen LogP contribution in [0.1, 0.15) is 17.4 Å². The van der Waals surface area contributed by atoms with Crippen molar-refractivity contribution in [3.8, 4) is 11.1 Å². The lowest BCUT2D eigenvalue weighted by molar-refractivity contribution is -0.123. The van der Waals surface area contributed by atoms with Crippen LogP contribution in [0.3, 0.4) is 0 Å². The number of hydrogen-bond donors (Lipinski definition) is 1. The topological polar surface area (TPSA) is 90.3 Å². The summed E-state index contributed by atoms with van der Waals surface area (Å²) in [7, 11) is 1.53. The van der Waals surface area contributed by atoms with Gasteiger partial charge in [0.15, 0.2) is 11.2 Å². The number of ether oxygens (including phenoxy) is 1. The van der Waals surface area contributed by atoms with E-state index in [-0.39, 0.29) is 11.3 Å².